The van der Waals surface area contributed by atoms with E-state index in [0.29, 0.717) is 24.8 Å². The third kappa shape index (κ3) is 5.85. The van der Waals surface area contributed by atoms with Crippen molar-refractivity contribution in [1.82, 2.24) is 5.32 Å². The van der Waals surface area contributed by atoms with Gasteiger partial charge in [0.2, 0.25) is 5.91 Å². The van der Waals surface area contributed by atoms with E-state index in [0.717, 1.165) is 12.3 Å². The second kappa shape index (κ2) is 8.52. The second-order valence-corrected chi connectivity index (χ2v) is 6.00. The number of nitrogens with one attached hydrogen (secondary N) is 1. The Morgan fingerprint density at radius 3 is 2.56 bits per heavy atom. The molecule has 2 unspecified atom stereocenters. The van der Waals surface area contributed by atoms with E-state index in [-0.39, 0.29) is 12.5 Å². The van der Waals surface area contributed by atoms with Gasteiger partial charge in [-0.05, 0) is 24.2 Å². The Bertz CT molecular complexity index is 237. The quantitative estimate of drug-likeness (QED) is 0.735. The molecule has 0 radical (unpaired) electrons. The third-order valence-electron chi connectivity index (χ3n) is 4.23. The molecular weight excluding hydrogens is 226 g/mol. The van der Waals surface area contributed by atoms with Crippen molar-refractivity contribution in [2.75, 3.05) is 13.2 Å². The van der Waals surface area contributed by atoms with E-state index < -0.39 is 0 Å². The third-order valence-corrected chi connectivity index (χ3v) is 4.23. The Morgan fingerprint density at radius 2 is 1.94 bits per heavy atom. The Hall–Kier alpha value is -0.570. The average molecular weight is 255 g/mol. The van der Waals surface area contributed by atoms with E-state index in [4.69, 9.17) is 5.11 Å². The normalized spacial score (nSPS) is 20.4. The fourth-order valence-electron chi connectivity index (χ4n) is 2.84. The van der Waals surface area contributed by atoms with Crippen molar-refractivity contribution < 1.29 is 9.90 Å². The van der Waals surface area contributed by atoms with Crippen LogP contribution in [0.4, 0.5) is 0 Å². The summed E-state index contributed by atoms with van der Waals surface area (Å²) in [5.74, 6) is 1.81. The summed E-state index contributed by atoms with van der Waals surface area (Å²) in [6, 6.07) is 0. The zero-order valence-electron chi connectivity index (χ0n) is 12.0. The number of aliphatic hydroxyl groups excluding tert-OH is 1. The molecule has 0 spiro atoms. The molecule has 0 aromatic rings. The molecule has 1 fully saturated rings. The number of aliphatic hydroxyl groups is 1. The van der Waals surface area contributed by atoms with Gasteiger partial charge in [0.05, 0.1) is 0 Å². The van der Waals surface area contributed by atoms with E-state index >= 15 is 0 Å². The number of hydrogen-bond donors (Lipinski definition) is 2. The SMILES string of the molecule is CC(CCO)CNC(=O)CC(C)C1CCCCC1. The molecule has 1 rings (SSSR count). The summed E-state index contributed by atoms with van der Waals surface area (Å²) in [7, 11) is 0. The Kier molecular flexibility index (Phi) is 7.33. The predicted octanol–water partition coefficient (Wildman–Crippen LogP) is 2.73. The van der Waals surface area contributed by atoms with Crippen molar-refractivity contribution in [3.63, 3.8) is 0 Å². The highest BCUT2D eigenvalue weighted by molar-refractivity contribution is 5.76. The molecule has 0 heterocycles. The number of rotatable bonds is 7. The van der Waals surface area contributed by atoms with E-state index in [1.807, 2.05) is 0 Å². The van der Waals surface area contributed by atoms with E-state index in [1.54, 1.807) is 0 Å². The first kappa shape index (κ1) is 15.5. The van der Waals surface area contributed by atoms with Crippen molar-refractivity contribution in [3.05, 3.63) is 0 Å². The maximum atomic E-state index is 11.8. The first-order valence-corrected chi connectivity index (χ1v) is 7.51. The van der Waals surface area contributed by atoms with Crippen molar-refractivity contribution in [2.24, 2.45) is 17.8 Å². The van der Waals surface area contributed by atoms with Gasteiger partial charge in [-0.2, -0.15) is 0 Å². The monoisotopic (exact) mass is 255 g/mol. The first-order valence-electron chi connectivity index (χ1n) is 7.51. The van der Waals surface area contributed by atoms with Gasteiger partial charge >= 0.3 is 0 Å². The predicted molar refractivity (Wildman–Crippen MR) is 74.2 cm³/mol. The van der Waals surface area contributed by atoms with Crippen LogP contribution in [-0.4, -0.2) is 24.2 Å². The lowest BCUT2D eigenvalue weighted by Crippen LogP contribution is -2.31. The van der Waals surface area contributed by atoms with E-state index in [2.05, 4.69) is 19.2 Å². The standard InChI is InChI=1S/C15H29NO2/c1-12(8-9-17)11-16-15(18)10-13(2)14-6-4-3-5-7-14/h12-14,17H,3-11H2,1-2H3,(H,16,18). The van der Waals surface area contributed by atoms with Crippen molar-refractivity contribution in [3.8, 4) is 0 Å². The minimum atomic E-state index is 0.179. The Labute approximate surface area is 111 Å². The molecular formula is C15H29NO2. The van der Waals surface area contributed by atoms with E-state index in [9.17, 15) is 4.79 Å². The molecule has 1 amide bonds. The lowest BCUT2D eigenvalue weighted by atomic mass is 9.79. The zero-order chi connectivity index (χ0) is 13.4. The Balaban J connectivity index is 2.18. The molecule has 0 aliphatic heterocycles. The summed E-state index contributed by atoms with van der Waals surface area (Å²) < 4.78 is 0. The molecule has 0 aromatic carbocycles. The van der Waals surface area contributed by atoms with Crippen LogP contribution >= 0.6 is 0 Å². The fourth-order valence-corrected chi connectivity index (χ4v) is 2.84. The van der Waals surface area contributed by atoms with Gasteiger partial charge in [0, 0.05) is 19.6 Å². The maximum absolute atomic E-state index is 11.8. The number of carbonyl (C=O) groups excluding carboxylic acids is 1. The van der Waals surface area contributed by atoms with Gasteiger partial charge in [-0.25, -0.2) is 0 Å². The van der Waals surface area contributed by atoms with E-state index in [1.165, 1.54) is 32.1 Å². The number of hydrogen-bond acceptors (Lipinski definition) is 2. The summed E-state index contributed by atoms with van der Waals surface area (Å²) in [6.45, 7) is 5.17. The molecule has 1 saturated carbocycles. The van der Waals surface area contributed by atoms with Gasteiger partial charge < -0.3 is 10.4 Å². The van der Waals surface area contributed by atoms with Crippen LogP contribution in [0, 0.1) is 17.8 Å². The molecule has 0 bridgehead atoms. The van der Waals surface area contributed by atoms with Gasteiger partial charge in [0.1, 0.15) is 0 Å². The summed E-state index contributed by atoms with van der Waals surface area (Å²) in [5, 5.41) is 11.8. The van der Waals surface area contributed by atoms with Crippen LogP contribution in [0.3, 0.4) is 0 Å². The molecule has 0 saturated heterocycles. The van der Waals surface area contributed by atoms with Crippen LogP contribution in [0.15, 0.2) is 0 Å². The van der Waals surface area contributed by atoms with Gasteiger partial charge in [0.25, 0.3) is 0 Å². The lowest BCUT2D eigenvalue weighted by Gasteiger charge is -2.27. The van der Waals surface area contributed by atoms with Crippen LogP contribution < -0.4 is 5.32 Å². The summed E-state index contributed by atoms with van der Waals surface area (Å²) in [5.41, 5.74) is 0. The second-order valence-electron chi connectivity index (χ2n) is 6.00. The minimum absolute atomic E-state index is 0.179. The molecule has 3 heteroatoms. The highest BCUT2D eigenvalue weighted by atomic mass is 16.3. The maximum Gasteiger partial charge on any atom is 0.220 e. The molecule has 2 atom stereocenters. The van der Waals surface area contributed by atoms with Gasteiger partial charge in [-0.1, -0.05) is 46.0 Å². The highest BCUT2D eigenvalue weighted by Gasteiger charge is 2.22. The Morgan fingerprint density at radius 1 is 1.28 bits per heavy atom. The minimum Gasteiger partial charge on any atom is -0.396 e. The molecule has 1 aliphatic rings. The number of amides is 1. The molecule has 18 heavy (non-hydrogen) atoms. The molecule has 1 aliphatic carbocycles. The molecule has 3 nitrogen and oxygen atoms in total. The van der Waals surface area contributed by atoms with Crippen molar-refractivity contribution >= 4 is 5.91 Å². The summed E-state index contributed by atoms with van der Waals surface area (Å²) in [6.07, 6.45) is 8.07. The van der Waals surface area contributed by atoms with Crippen LogP contribution in [0.25, 0.3) is 0 Å². The van der Waals surface area contributed by atoms with Crippen molar-refractivity contribution in [2.45, 2.75) is 58.8 Å². The topological polar surface area (TPSA) is 49.3 Å². The highest BCUT2D eigenvalue weighted by Crippen LogP contribution is 2.31. The molecule has 106 valence electrons. The first-order chi connectivity index (χ1) is 8.63. The summed E-state index contributed by atoms with van der Waals surface area (Å²) >= 11 is 0. The average Bonchev–Trinajstić information content (AvgIpc) is 2.38. The van der Waals surface area contributed by atoms with Crippen LogP contribution in [0.5, 0.6) is 0 Å². The summed E-state index contributed by atoms with van der Waals surface area (Å²) in [4.78, 5) is 11.8. The number of carbonyl (C=O) groups is 1. The lowest BCUT2D eigenvalue weighted by molar-refractivity contribution is -0.122. The molecule has 0 aromatic heterocycles. The van der Waals surface area contributed by atoms with Gasteiger partial charge in [0.15, 0.2) is 0 Å². The van der Waals surface area contributed by atoms with Gasteiger partial charge in [-0.15, -0.1) is 0 Å². The fraction of sp³-hybridized carbons (Fsp3) is 0.933. The molecule has 2 N–H and O–H groups in total. The largest absolute Gasteiger partial charge is 0.396 e. The van der Waals surface area contributed by atoms with Crippen LogP contribution in [0.1, 0.15) is 58.8 Å². The zero-order valence-corrected chi connectivity index (χ0v) is 12.0. The van der Waals surface area contributed by atoms with Crippen molar-refractivity contribution in [1.29, 1.82) is 0 Å². The van der Waals surface area contributed by atoms with Crippen LogP contribution in [0.2, 0.25) is 0 Å². The van der Waals surface area contributed by atoms with Crippen LogP contribution in [-0.2, 0) is 4.79 Å². The smallest absolute Gasteiger partial charge is 0.220 e. The van der Waals surface area contributed by atoms with Gasteiger partial charge in [-0.3, -0.25) is 4.79 Å².